The second kappa shape index (κ2) is 6.31. The molecule has 0 spiro atoms. The summed E-state index contributed by atoms with van der Waals surface area (Å²) in [4.78, 5) is -0.365. The summed E-state index contributed by atoms with van der Waals surface area (Å²) in [6.07, 6.45) is 0. The second-order valence-electron chi connectivity index (χ2n) is 2.96. The number of nitrogens with zero attached hydrogens (tertiary/aromatic N) is 3. The second-order valence-corrected chi connectivity index (χ2v) is 4.31. The maximum atomic E-state index is 10.8. The molecule has 0 aromatic heterocycles. The summed E-state index contributed by atoms with van der Waals surface area (Å²) in [5, 5.41) is 8.66. The molecule has 0 unspecified atom stereocenters. The van der Waals surface area contributed by atoms with Gasteiger partial charge in [0.1, 0.15) is 15.8 Å². The van der Waals surface area contributed by atoms with Gasteiger partial charge < -0.3 is 4.55 Å². The number of rotatable bonds is 3. The fraction of sp³-hybridized carbons (Fsp3) is 0.250. The quantitative estimate of drug-likeness (QED) is 0.273. The molecule has 1 aromatic rings. The van der Waals surface area contributed by atoms with E-state index in [0.717, 1.165) is 0 Å². The molecule has 8 heteroatoms. The smallest absolute Gasteiger partial charge is 0.744 e. The van der Waals surface area contributed by atoms with Crippen LogP contribution in [0, 0.1) is 0 Å². The molecule has 0 aliphatic carbocycles. The van der Waals surface area contributed by atoms with Crippen LogP contribution in [-0.2, 0) is 10.1 Å². The van der Waals surface area contributed by atoms with E-state index in [1.807, 2.05) is 0 Å². The van der Waals surface area contributed by atoms with Crippen molar-refractivity contribution in [2.24, 2.45) is 10.3 Å². The van der Waals surface area contributed by atoms with Crippen molar-refractivity contribution in [3.05, 3.63) is 24.3 Å². The van der Waals surface area contributed by atoms with Gasteiger partial charge in [-0.05, 0) is 12.1 Å². The summed E-state index contributed by atoms with van der Waals surface area (Å²) in [7, 11) is -1.23. The van der Waals surface area contributed by atoms with Crippen molar-refractivity contribution < 1.29 is 42.5 Å². The minimum absolute atomic E-state index is 0. The standard InChI is InChI=1S/C8H11N3O3S.Na/c1-11(2)10-9-7-5-3-4-6-8(7)15(12,13)14;/h3-6H,1-2H3,(H,12,13,14);/q;+1/p-1. The molecule has 82 valence electrons. The topological polar surface area (TPSA) is 85.2 Å². The van der Waals surface area contributed by atoms with Crippen LogP contribution in [0.4, 0.5) is 5.69 Å². The number of hydrogen-bond donors (Lipinski definition) is 0. The van der Waals surface area contributed by atoms with Crippen LogP contribution in [0.3, 0.4) is 0 Å². The van der Waals surface area contributed by atoms with Gasteiger partial charge in [0.05, 0.1) is 4.90 Å². The third kappa shape index (κ3) is 4.58. The Morgan fingerprint density at radius 3 is 2.31 bits per heavy atom. The SMILES string of the molecule is CN(C)N=Nc1ccccc1S(=O)(=O)[O-].[Na+]. The summed E-state index contributed by atoms with van der Waals surface area (Å²) in [5.74, 6) is 0. The van der Waals surface area contributed by atoms with E-state index in [9.17, 15) is 13.0 Å². The van der Waals surface area contributed by atoms with Crippen molar-refractivity contribution >= 4 is 15.8 Å². The summed E-state index contributed by atoms with van der Waals surface area (Å²) in [6.45, 7) is 0. The van der Waals surface area contributed by atoms with Crippen molar-refractivity contribution in [3.63, 3.8) is 0 Å². The third-order valence-electron chi connectivity index (χ3n) is 1.47. The Morgan fingerprint density at radius 2 is 1.81 bits per heavy atom. The molecule has 0 bridgehead atoms. The van der Waals surface area contributed by atoms with Gasteiger partial charge in [-0.15, -0.1) is 5.11 Å². The Balaban J connectivity index is 0.00000225. The molecule has 0 saturated carbocycles. The van der Waals surface area contributed by atoms with Crippen LogP contribution in [0.25, 0.3) is 0 Å². The minimum Gasteiger partial charge on any atom is -0.744 e. The van der Waals surface area contributed by atoms with E-state index in [1.165, 1.54) is 23.2 Å². The first-order chi connectivity index (χ1) is 6.91. The number of benzene rings is 1. The number of hydrogen-bond acceptors (Lipinski definition) is 5. The monoisotopic (exact) mass is 251 g/mol. The molecular formula is C8H10N3NaO3S. The van der Waals surface area contributed by atoms with Gasteiger partial charge in [0.25, 0.3) is 0 Å². The Kier molecular flexibility index (Phi) is 6.13. The van der Waals surface area contributed by atoms with Crippen LogP contribution in [-0.4, -0.2) is 32.1 Å². The Hall–Kier alpha value is -0.470. The first kappa shape index (κ1) is 15.5. The van der Waals surface area contributed by atoms with Crippen LogP contribution in [0.15, 0.2) is 39.5 Å². The molecule has 16 heavy (non-hydrogen) atoms. The van der Waals surface area contributed by atoms with Gasteiger partial charge in [-0.1, -0.05) is 17.4 Å². The van der Waals surface area contributed by atoms with Gasteiger partial charge in [0.15, 0.2) is 0 Å². The molecule has 0 aliphatic heterocycles. The molecular weight excluding hydrogens is 241 g/mol. The van der Waals surface area contributed by atoms with Crippen LogP contribution in [0.1, 0.15) is 0 Å². The Bertz CT molecular complexity index is 473. The molecule has 0 saturated heterocycles. The van der Waals surface area contributed by atoms with Crippen molar-refractivity contribution in [1.82, 2.24) is 5.01 Å². The first-order valence-electron chi connectivity index (χ1n) is 4.05. The van der Waals surface area contributed by atoms with Crippen LogP contribution < -0.4 is 29.6 Å². The fourth-order valence-electron chi connectivity index (χ4n) is 0.889. The molecule has 0 amide bonds. The van der Waals surface area contributed by atoms with Crippen molar-refractivity contribution in [3.8, 4) is 0 Å². The Labute approximate surface area is 116 Å². The molecule has 0 fully saturated rings. The van der Waals surface area contributed by atoms with E-state index in [1.54, 1.807) is 20.2 Å². The summed E-state index contributed by atoms with van der Waals surface area (Å²) in [5.41, 5.74) is 0.0428. The minimum atomic E-state index is -4.50. The van der Waals surface area contributed by atoms with E-state index < -0.39 is 10.1 Å². The van der Waals surface area contributed by atoms with Gasteiger partial charge in [-0.3, -0.25) is 5.01 Å². The van der Waals surface area contributed by atoms with Gasteiger partial charge >= 0.3 is 29.6 Å². The Morgan fingerprint density at radius 1 is 1.25 bits per heavy atom. The van der Waals surface area contributed by atoms with Crippen molar-refractivity contribution in [2.75, 3.05) is 14.1 Å². The van der Waals surface area contributed by atoms with E-state index in [2.05, 4.69) is 10.3 Å². The summed E-state index contributed by atoms with van der Waals surface area (Å²) in [6, 6.07) is 5.66. The zero-order chi connectivity index (χ0) is 11.5. The molecule has 1 rings (SSSR count). The molecule has 0 atom stereocenters. The van der Waals surface area contributed by atoms with Gasteiger partial charge in [-0.2, -0.15) is 0 Å². The molecule has 0 heterocycles. The maximum absolute atomic E-state index is 10.8. The van der Waals surface area contributed by atoms with Gasteiger partial charge in [-0.25, -0.2) is 8.42 Å². The molecule has 0 N–H and O–H groups in total. The van der Waals surface area contributed by atoms with Crippen molar-refractivity contribution in [2.45, 2.75) is 4.90 Å². The first-order valence-corrected chi connectivity index (χ1v) is 5.46. The molecule has 1 aromatic carbocycles. The van der Waals surface area contributed by atoms with E-state index >= 15 is 0 Å². The van der Waals surface area contributed by atoms with E-state index in [4.69, 9.17) is 0 Å². The molecule has 0 aliphatic rings. The summed E-state index contributed by atoms with van der Waals surface area (Å²) >= 11 is 0. The van der Waals surface area contributed by atoms with E-state index in [-0.39, 0.29) is 40.1 Å². The van der Waals surface area contributed by atoms with Crippen LogP contribution in [0.5, 0.6) is 0 Å². The zero-order valence-corrected chi connectivity index (χ0v) is 12.1. The fourth-order valence-corrected chi connectivity index (χ4v) is 1.50. The van der Waals surface area contributed by atoms with Gasteiger partial charge in [0.2, 0.25) is 0 Å². The zero-order valence-electron chi connectivity index (χ0n) is 9.28. The van der Waals surface area contributed by atoms with Crippen molar-refractivity contribution in [1.29, 1.82) is 0 Å². The molecule has 0 radical (unpaired) electrons. The predicted molar refractivity (Wildman–Crippen MR) is 52.6 cm³/mol. The summed E-state index contributed by atoms with van der Waals surface area (Å²) < 4.78 is 32.5. The van der Waals surface area contributed by atoms with Crippen LogP contribution in [0.2, 0.25) is 0 Å². The molecule has 6 nitrogen and oxygen atoms in total. The average Bonchev–Trinajstić information content (AvgIpc) is 2.13. The van der Waals surface area contributed by atoms with E-state index in [0.29, 0.717) is 0 Å². The van der Waals surface area contributed by atoms with Crippen LogP contribution >= 0.6 is 0 Å². The normalized spacial score (nSPS) is 11.2. The predicted octanol–water partition coefficient (Wildman–Crippen LogP) is -1.84. The third-order valence-corrected chi connectivity index (χ3v) is 2.35. The maximum Gasteiger partial charge on any atom is 1.00 e. The largest absolute Gasteiger partial charge is 1.00 e. The van der Waals surface area contributed by atoms with Gasteiger partial charge in [0, 0.05) is 14.1 Å². The average molecular weight is 251 g/mol.